The van der Waals surface area contributed by atoms with Crippen LogP contribution in [0.15, 0.2) is 24.3 Å². The van der Waals surface area contributed by atoms with Crippen LogP contribution < -0.4 is 16.0 Å². The number of nitrogens with one attached hydrogen (secondary N) is 1. The molecule has 4 nitrogen and oxygen atoms in total. The third kappa shape index (κ3) is 3.51. The molecule has 84 valence electrons. The number of nitrogens with two attached hydrogens (primary N) is 1. The van der Waals surface area contributed by atoms with Gasteiger partial charge >= 0.3 is 0 Å². The molecule has 0 aliphatic heterocycles. The Kier molecular flexibility index (Phi) is 4.55. The minimum Gasteiger partial charge on any atom is -0.497 e. The standard InChI is InChI=1S/C11H19N3O/c1-14(2)8-11(13-12)9-4-6-10(15-3)7-5-9/h4-7,11,13H,8,12H2,1-3H3. The molecule has 0 spiro atoms. The number of ether oxygens (including phenoxy) is 1. The van der Waals surface area contributed by atoms with Crippen molar-refractivity contribution in [1.29, 1.82) is 0 Å². The van der Waals surface area contributed by atoms with E-state index in [1.165, 1.54) is 0 Å². The van der Waals surface area contributed by atoms with Gasteiger partial charge in [0, 0.05) is 6.54 Å². The third-order valence-corrected chi connectivity index (χ3v) is 2.27. The zero-order valence-corrected chi connectivity index (χ0v) is 9.53. The minimum atomic E-state index is 0.144. The number of hydrogen-bond acceptors (Lipinski definition) is 4. The fraction of sp³-hybridized carbons (Fsp3) is 0.455. The molecule has 0 radical (unpaired) electrons. The second-order valence-corrected chi connectivity index (χ2v) is 3.75. The van der Waals surface area contributed by atoms with E-state index in [4.69, 9.17) is 10.6 Å². The van der Waals surface area contributed by atoms with Gasteiger partial charge in [-0.05, 0) is 31.8 Å². The molecule has 0 amide bonds. The van der Waals surface area contributed by atoms with Crippen LogP contribution in [-0.2, 0) is 0 Å². The lowest BCUT2D eigenvalue weighted by Gasteiger charge is -2.20. The summed E-state index contributed by atoms with van der Waals surface area (Å²) in [7, 11) is 5.70. The highest BCUT2D eigenvalue weighted by Crippen LogP contribution is 2.17. The van der Waals surface area contributed by atoms with Gasteiger partial charge in [0.1, 0.15) is 5.75 Å². The maximum absolute atomic E-state index is 5.52. The lowest BCUT2D eigenvalue weighted by molar-refractivity contribution is 0.344. The van der Waals surface area contributed by atoms with Crippen LogP contribution in [0.3, 0.4) is 0 Å². The molecule has 0 bridgehead atoms. The molecule has 0 fully saturated rings. The first-order valence-corrected chi connectivity index (χ1v) is 4.92. The molecule has 1 aromatic carbocycles. The van der Waals surface area contributed by atoms with Crippen LogP contribution in [0.5, 0.6) is 5.75 Å². The van der Waals surface area contributed by atoms with Gasteiger partial charge in [0.05, 0.1) is 13.2 Å². The Bertz CT molecular complexity index is 284. The fourth-order valence-electron chi connectivity index (χ4n) is 1.46. The van der Waals surface area contributed by atoms with Gasteiger partial charge in [-0.2, -0.15) is 0 Å². The van der Waals surface area contributed by atoms with Gasteiger partial charge in [-0.25, -0.2) is 0 Å². The van der Waals surface area contributed by atoms with E-state index in [1.807, 2.05) is 38.4 Å². The lowest BCUT2D eigenvalue weighted by Crippen LogP contribution is -2.35. The maximum Gasteiger partial charge on any atom is 0.118 e. The van der Waals surface area contributed by atoms with Gasteiger partial charge in [0.2, 0.25) is 0 Å². The zero-order valence-electron chi connectivity index (χ0n) is 9.53. The van der Waals surface area contributed by atoms with Gasteiger partial charge < -0.3 is 9.64 Å². The van der Waals surface area contributed by atoms with Crippen LogP contribution in [0.2, 0.25) is 0 Å². The molecule has 1 rings (SSSR count). The highest BCUT2D eigenvalue weighted by molar-refractivity contribution is 5.29. The van der Waals surface area contributed by atoms with Crippen LogP contribution in [0.1, 0.15) is 11.6 Å². The quantitative estimate of drug-likeness (QED) is 0.555. The molecule has 1 atom stereocenters. The summed E-state index contributed by atoms with van der Waals surface area (Å²) in [6.45, 7) is 0.864. The Morgan fingerprint density at radius 3 is 2.33 bits per heavy atom. The monoisotopic (exact) mass is 209 g/mol. The first-order chi connectivity index (χ1) is 7.17. The Balaban J connectivity index is 2.74. The van der Waals surface area contributed by atoms with Crippen LogP contribution in [0.4, 0.5) is 0 Å². The van der Waals surface area contributed by atoms with Crippen molar-refractivity contribution in [3.8, 4) is 5.75 Å². The molecule has 0 aliphatic rings. The van der Waals surface area contributed by atoms with Crippen molar-refractivity contribution in [2.24, 2.45) is 5.84 Å². The highest BCUT2D eigenvalue weighted by atomic mass is 16.5. The number of nitrogens with zero attached hydrogens (tertiary/aromatic N) is 1. The number of hydrazine groups is 1. The number of rotatable bonds is 5. The van der Waals surface area contributed by atoms with Crippen molar-refractivity contribution >= 4 is 0 Å². The number of likely N-dealkylation sites (N-methyl/N-ethyl adjacent to an activating group) is 1. The van der Waals surface area contributed by atoms with Gasteiger partial charge in [-0.3, -0.25) is 11.3 Å². The van der Waals surface area contributed by atoms with E-state index in [9.17, 15) is 0 Å². The summed E-state index contributed by atoms with van der Waals surface area (Å²) in [5.74, 6) is 6.38. The Morgan fingerprint density at radius 2 is 1.93 bits per heavy atom. The number of hydrogen-bond donors (Lipinski definition) is 2. The fourth-order valence-corrected chi connectivity index (χ4v) is 1.46. The SMILES string of the molecule is COc1ccc(C(CN(C)C)NN)cc1. The molecule has 1 aromatic rings. The second-order valence-electron chi connectivity index (χ2n) is 3.75. The molecular weight excluding hydrogens is 190 g/mol. The molecule has 4 heteroatoms. The molecule has 1 unspecified atom stereocenters. The molecule has 0 saturated heterocycles. The summed E-state index contributed by atoms with van der Waals surface area (Å²) in [4.78, 5) is 2.09. The van der Waals surface area contributed by atoms with Crippen molar-refractivity contribution in [2.45, 2.75) is 6.04 Å². The van der Waals surface area contributed by atoms with Gasteiger partial charge in [0.25, 0.3) is 0 Å². The van der Waals surface area contributed by atoms with Crippen LogP contribution >= 0.6 is 0 Å². The van der Waals surface area contributed by atoms with E-state index in [-0.39, 0.29) is 6.04 Å². The molecule has 0 heterocycles. The molecular formula is C11H19N3O. The van der Waals surface area contributed by atoms with Gasteiger partial charge in [-0.1, -0.05) is 12.1 Å². The first-order valence-electron chi connectivity index (χ1n) is 4.92. The summed E-state index contributed by atoms with van der Waals surface area (Å²) in [5.41, 5.74) is 3.96. The summed E-state index contributed by atoms with van der Waals surface area (Å²) in [6, 6.07) is 8.07. The van der Waals surface area contributed by atoms with E-state index < -0.39 is 0 Å². The van der Waals surface area contributed by atoms with E-state index in [0.717, 1.165) is 17.9 Å². The highest BCUT2D eigenvalue weighted by Gasteiger charge is 2.10. The summed E-state index contributed by atoms with van der Waals surface area (Å²) in [5, 5.41) is 0. The van der Waals surface area contributed by atoms with Gasteiger partial charge in [0.15, 0.2) is 0 Å². The van der Waals surface area contributed by atoms with E-state index in [0.29, 0.717) is 0 Å². The molecule has 0 aromatic heterocycles. The second kappa shape index (κ2) is 5.70. The average molecular weight is 209 g/mol. The van der Waals surface area contributed by atoms with Crippen LogP contribution in [0.25, 0.3) is 0 Å². The first kappa shape index (κ1) is 12.0. The third-order valence-electron chi connectivity index (χ3n) is 2.27. The molecule has 0 aliphatic carbocycles. The van der Waals surface area contributed by atoms with Crippen molar-refractivity contribution in [3.05, 3.63) is 29.8 Å². The average Bonchev–Trinajstić information content (AvgIpc) is 2.26. The van der Waals surface area contributed by atoms with Crippen molar-refractivity contribution in [1.82, 2.24) is 10.3 Å². The van der Waals surface area contributed by atoms with E-state index in [2.05, 4.69) is 10.3 Å². The normalized spacial score (nSPS) is 12.9. The molecule has 15 heavy (non-hydrogen) atoms. The number of methoxy groups -OCH3 is 1. The van der Waals surface area contributed by atoms with Crippen molar-refractivity contribution in [3.63, 3.8) is 0 Å². The lowest BCUT2D eigenvalue weighted by atomic mass is 10.1. The number of benzene rings is 1. The topological polar surface area (TPSA) is 50.5 Å². The molecule has 3 N–H and O–H groups in total. The Labute approximate surface area is 91.0 Å². The largest absolute Gasteiger partial charge is 0.497 e. The predicted octanol–water partition coefficient (Wildman–Crippen LogP) is 0.761. The smallest absolute Gasteiger partial charge is 0.118 e. The summed E-state index contributed by atoms with van der Waals surface area (Å²) < 4.78 is 5.10. The van der Waals surface area contributed by atoms with E-state index in [1.54, 1.807) is 7.11 Å². The van der Waals surface area contributed by atoms with Gasteiger partial charge in [-0.15, -0.1) is 0 Å². The molecule has 0 saturated carbocycles. The minimum absolute atomic E-state index is 0.144. The summed E-state index contributed by atoms with van der Waals surface area (Å²) in [6.07, 6.45) is 0. The van der Waals surface area contributed by atoms with Crippen molar-refractivity contribution in [2.75, 3.05) is 27.7 Å². The van der Waals surface area contributed by atoms with Crippen LogP contribution in [0, 0.1) is 0 Å². The van der Waals surface area contributed by atoms with Crippen LogP contribution in [-0.4, -0.2) is 32.6 Å². The van der Waals surface area contributed by atoms with Crippen molar-refractivity contribution < 1.29 is 4.74 Å². The predicted molar refractivity (Wildman–Crippen MR) is 61.6 cm³/mol. The Morgan fingerprint density at radius 1 is 1.33 bits per heavy atom. The maximum atomic E-state index is 5.52. The van der Waals surface area contributed by atoms with E-state index >= 15 is 0 Å². The Hall–Kier alpha value is -1.10. The zero-order chi connectivity index (χ0) is 11.3. The summed E-state index contributed by atoms with van der Waals surface area (Å²) >= 11 is 0.